The highest BCUT2D eigenvalue weighted by atomic mass is 32.2. The molecule has 1 aliphatic heterocycles. The number of carbonyl (C=O) groups is 1. The number of nitrogens with one attached hydrogen (secondary N) is 2. The molecular formula is C15H25FN4O2S. The number of hydrazine groups is 1. The van der Waals surface area contributed by atoms with Crippen LogP contribution in [0.25, 0.3) is 0 Å². The van der Waals surface area contributed by atoms with Gasteiger partial charge in [-0.05, 0) is 18.8 Å². The summed E-state index contributed by atoms with van der Waals surface area (Å²) in [5.74, 6) is -0.419. The predicted molar refractivity (Wildman–Crippen MR) is 87.7 cm³/mol. The van der Waals surface area contributed by atoms with Crippen molar-refractivity contribution in [1.29, 1.82) is 0 Å². The second-order valence-electron chi connectivity index (χ2n) is 6.03. The Morgan fingerprint density at radius 2 is 2.26 bits per heavy atom. The number of hydrogen-bond acceptors (Lipinski definition) is 4. The van der Waals surface area contributed by atoms with E-state index in [9.17, 15) is 13.4 Å². The molecule has 0 aliphatic carbocycles. The molecule has 1 saturated heterocycles. The van der Waals surface area contributed by atoms with Crippen LogP contribution in [0.5, 0.6) is 0 Å². The summed E-state index contributed by atoms with van der Waals surface area (Å²) in [5, 5.41) is 2.18. The van der Waals surface area contributed by atoms with Crippen molar-refractivity contribution in [3.63, 3.8) is 0 Å². The van der Waals surface area contributed by atoms with Crippen LogP contribution in [-0.2, 0) is 18.0 Å². The molecule has 0 bridgehead atoms. The standard InChI is InChI=1S/C15H25FN4O2S/c1-4-6-17-20-7-5-12(11(2)8-20)18-23(22)14-9-19(3)13(10-21)15(14)16/h9-12,17-18H,4-8H2,1-3H3. The highest BCUT2D eigenvalue weighted by Gasteiger charge is 2.28. The Labute approximate surface area is 139 Å². The zero-order chi connectivity index (χ0) is 17.0. The second kappa shape index (κ2) is 8.14. The minimum atomic E-state index is -1.66. The van der Waals surface area contributed by atoms with E-state index in [4.69, 9.17) is 0 Å². The summed E-state index contributed by atoms with van der Waals surface area (Å²) >= 11 is 0. The quantitative estimate of drug-likeness (QED) is 0.730. The van der Waals surface area contributed by atoms with E-state index in [1.165, 1.54) is 10.8 Å². The van der Waals surface area contributed by atoms with Crippen LogP contribution in [0, 0.1) is 11.7 Å². The van der Waals surface area contributed by atoms with Crippen LogP contribution in [0.15, 0.2) is 11.1 Å². The van der Waals surface area contributed by atoms with Crippen LogP contribution in [0.2, 0.25) is 0 Å². The van der Waals surface area contributed by atoms with Gasteiger partial charge in [-0.3, -0.25) is 10.2 Å². The number of aryl methyl sites for hydroxylation is 1. The Morgan fingerprint density at radius 1 is 1.52 bits per heavy atom. The van der Waals surface area contributed by atoms with Crippen LogP contribution in [0.4, 0.5) is 4.39 Å². The molecule has 1 aromatic rings. The van der Waals surface area contributed by atoms with Gasteiger partial charge < -0.3 is 4.57 Å². The van der Waals surface area contributed by atoms with Crippen molar-refractivity contribution in [2.45, 2.75) is 37.6 Å². The van der Waals surface area contributed by atoms with Gasteiger partial charge in [-0.15, -0.1) is 0 Å². The van der Waals surface area contributed by atoms with Crippen molar-refractivity contribution in [3.8, 4) is 0 Å². The Balaban J connectivity index is 1.97. The first kappa shape index (κ1) is 18.3. The summed E-state index contributed by atoms with van der Waals surface area (Å²) in [6.45, 7) is 6.87. The third-order valence-electron chi connectivity index (χ3n) is 4.19. The van der Waals surface area contributed by atoms with Gasteiger partial charge in [0.1, 0.15) is 21.6 Å². The molecule has 1 aromatic heterocycles. The molecule has 2 heterocycles. The lowest BCUT2D eigenvalue weighted by atomic mass is 9.96. The average molecular weight is 344 g/mol. The van der Waals surface area contributed by atoms with Gasteiger partial charge in [0, 0.05) is 38.9 Å². The molecule has 0 spiro atoms. The molecule has 1 fully saturated rings. The van der Waals surface area contributed by atoms with Gasteiger partial charge in [-0.25, -0.2) is 18.3 Å². The van der Waals surface area contributed by atoms with Crippen molar-refractivity contribution in [2.75, 3.05) is 19.6 Å². The monoisotopic (exact) mass is 344 g/mol. The molecule has 2 rings (SSSR count). The molecule has 3 unspecified atom stereocenters. The first-order chi connectivity index (χ1) is 11.0. The van der Waals surface area contributed by atoms with Gasteiger partial charge in [0.15, 0.2) is 12.1 Å². The lowest BCUT2D eigenvalue weighted by molar-refractivity contribution is 0.104. The number of nitrogens with zero attached hydrogens (tertiary/aromatic N) is 2. The van der Waals surface area contributed by atoms with Crippen molar-refractivity contribution in [2.24, 2.45) is 13.0 Å². The van der Waals surface area contributed by atoms with Gasteiger partial charge in [0.25, 0.3) is 0 Å². The SMILES string of the molecule is CCCNN1CCC(NS(=O)c2cn(C)c(C=O)c2F)C(C)C1. The average Bonchev–Trinajstić information content (AvgIpc) is 2.81. The number of piperidine rings is 1. The number of rotatable bonds is 7. The van der Waals surface area contributed by atoms with E-state index in [1.807, 2.05) is 0 Å². The van der Waals surface area contributed by atoms with Crippen molar-refractivity contribution >= 4 is 17.3 Å². The maximum atomic E-state index is 14.1. The number of carbonyl (C=O) groups excluding carboxylic acids is 1. The molecule has 3 atom stereocenters. The number of aldehydes is 1. The van der Waals surface area contributed by atoms with Gasteiger partial charge in [-0.1, -0.05) is 13.8 Å². The number of halogens is 1. The molecular weight excluding hydrogens is 319 g/mol. The minimum Gasteiger partial charge on any atom is -0.345 e. The molecule has 130 valence electrons. The van der Waals surface area contributed by atoms with Crippen LogP contribution in [0.1, 0.15) is 37.2 Å². The summed E-state index contributed by atoms with van der Waals surface area (Å²) < 4.78 is 30.9. The Kier molecular flexibility index (Phi) is 6.46. The summed E-state index contributed by atoms with van der Waals surface area (Å²) in [6.07, 6.45) is 3.75. The van der Waals surface area contributed by atoms with Crippen molar-refractivity contribution in [3.05, 3.63) is 17.7 Å². The van der Waals surface area contributed by atoms with Gasteiger partial charge in [0.2, 0.25) is 0 Å². The van der Waals surface area contributed by atoms with E-state index >= 15 is 0 Å². The lowest BCUT2D eigenvalue weighted by Gasteiger charge is -2.37. The predicted octanol–water partition coefficient (Wildman–Crippen LogP) is 1.21. The molecule has 8 heteroatoms. The molecule has 2 N–H and O–H groups in total. The first-order valence-corrected chi connectivity index (χ1v) is 9.09. The Bertz CT molecular complexity index is 578. The summed E-state index contributed by atoms with van der Waals surface area (Å²) in [6, 6.07) is 0.0507. The third kappa shape index (κ3) is 4.26. The molecule has 6 nitrogen and oxygen atoms in total. The number of hydrogen-bond donors (Lipinski definition) is 2. The summed E-state index contributed by atoms with van der Waals surface area (Å²) in [7, 11) is -0.101. The van der Waals surface area contributed by atoms with E-state index in [0.717, 1.165) is 32.5 Å². The van der Waals surface area contributed by atoms with E-state index in [2.05, 4.69) is 29.0 Å². The molecule has 0 saturated carbocycles. The van der Waals surface area contributed by atoms with E-state index in [0.29, 0.717) is 6.29 Å². The normalized spacial score (nSPS) is 23.8. The largest absolute Gasteiger partial charge is 0.345 e. The maximum Gasteiger partial charge on any atom is 0.169 e. The maximum absolute atomic E-state index is 14.1. The fourth-order valence-corrected chi connectivity index (χ4v) is 4.06. The Hall–Kier alpha value is -1.09. The van der Waals surface area contributed by atoms with Crippen LogP contribution >= 0.6 is 0 Å². The smallest absolute Gasteiger partial charge is 0.169 e. The van der Waals surface area contributed by atoms with Gasteiger partial charge in [0.05, 0.1) is 0 Å². The topological polar surface area (TPSA) is 66.4 Å². The van der Waals surface area contributed by atoms with Crippen molar-refractivity contribution in [1.82, 2.24) is 19.7 Å². The fraction of sp³-hybridized carbons (Fsp3) is 0.667. The Morgan fingerprint density at radius 3 is 2.83 bits per heavy atom. The van der Waals surface area contributed by atoms with Crippen molar-refractivity contribution < 1.29 is 13.4 Å². The number of aromatic nitrogens is 1. The van der Waals surface area contributed by atoms with E-state index in [1.54, 1.807) is 7.05 Å². The van der Waals surface area contributed by atoms with Crippen LogP contribution < -0.4 is 10.1 Å². The summed E-state index contributed by atoms with van der Waals surface area (Å²) in [5.41, 5.74) is 3.28. The van der Waals surface area contributed by atoms with E-state index in [-0.39, 0.29) is 22.5 Å². The fourth-order valence-electron chi connectivity index (χ4n) is 2.78. The first-order valence-electron chi connectivity index (χ1n) is 7.94. The zero-order valence-electron chi connectivity index (χ0n) is 13.8. The van der Waals surface area contributed by atoms with Crippen LogP contribution in [0.3, 0.4) is 0 Å². The van der Waals surface area contributed by atoms with Gasteiger partial charge >= 0.3 is 0 Å². The molecule has 0 amide bonds. The lowest BCUT2D eigenvalue weighted by Crippen LogP contribution is -2.53. The minimum absolute atomic E-state index is 0.0355. The molecule has 0 aromatic carbocycles. The third-order valence-corrected chi connectivity index (χ3v) is 5.39. The van der Waals surface area contributed by atoms with Crippen LogP contribution in [-0.4, -0.2) is 45.7 Å². The molecule has 1 aliphatic rings. The highest BCUT2D eigenvalue weighted by Crippen LogP contribution is 2.20. The molecule has 23 heavy (non-hydrogen) atoms. The highest BCUT2D eigenvalue weighted by molar-refractivity contribution is 7.83. The molecule has 0 radical (unpaired) electrons. The van der Waals surface area contributed by atoms with Gasteiger partial charge in [-0.2, -0.15) is 0 Å². The second-order valence-corrected chi connectivity index (χ2v) is 7.25. The summed E-state index contributed by atoms with van der Waals surface area (Å²) in [4.78, 5) is 10.9. The van der Waals surface area contributed by atoms with E-state index < -0.39 is 16.8 Å². The zero-order valence-corrected chi connectivity index (χ0v) is 14.7.